The molecule has 3 heterocycles. The number of rotatable bonds is 4. The van der Waals surface area contributed by atoms with Gasteiger partial charge in [0.15, 0.2) is 0 Å². The summed E-state index contributed by atoms with van der Waals surface area (Å²) in [6.07, 6.45) is 1.43. The number of thiophene rings is 1. The van der Waals surface area contributed by atoms with Gasteiger partial charge in [0.1, 0.15) is 6.17 Å². The van der Waals surface area contributed by atoms with E-state index in [4.69, 9.17) is 11.6 Å². The maximum absolute atomic E-state index is 12.9. The van der Waals surface area contributed by atoms with Gasteiger partial charge in [0.25, 0.3) is 5.91 Å². The summed E-state index contributed by atoms with van der Waals surface area (Å²) in [7, 11) is 0. The van der Waals surface area contributed by atoms with Gasteiger partial charge in [-0.3, -0.25) is 9.78 Å². The molecule has 1 aromatic carbocycles. The van der Waals surface area contributed by atoms with Gasteiger partial charge in [-0.05, 0) is 54.3 Å². The largest absolute Gasteiger partial charge is 0.360 e. The summed E-state index contributed by atoms with van der Waals surface area (Å²) in [6, 6.07) is 13.4. The maximum Gasteiger partial charge on any atom is 0.258 e. The fourth-order valence-corrected chi connectivity index (χ4v) is 3.98. The number of hydrogen-bond donors (Lipinski definition) is 1. The molecule has 0 bridgehead atoms. The van der Waals surface area contributed by atoms with E-state index in [1.807, 2.05) is 53.6 Å². The number of pyridine rings is 1. The highest BCUT2D eigenvalue weighted by Crippen LogP contribution is 2.35. The van der Waals surface area contributed by atoms with Crippen molar-refractivity contribution in [2.75, 3.05) is 5.32 Å². The van der Waals surface area contributed by atoms with Crippen LogP contribution in [0.2, 0.25) is 5.02 Å². The molecule has 2 aromatic heterocycles. The lowest BCUT2D eigenvalue weighted by Gasteiger charge is -2.26. The fourth-order valence-electron chi connectivity index (χ4n) is 3.05. The van der Waals surface area contributed by atoms with E-state index in [9.17, 15) is 4.79 Å². The molecular formula is C19H16ClN3OS. The number of aryl methyl sites for hydroxylation is 1. The van der Waals surface area contributed by atoms with E-state index in [1.165, 1.54) is 0 Å². The van der Waals surface area contributed by atoms with E-state index in [0.29, 0.717) is 17.1 Å². The number of nitrogens with one attached hydrogen (secondary N) is 1. The fraction of sp³-hybridized carbons (Fsp3) is 0.158. The highest BCUT2D eigenvalue weighted by molar-refractivity contribution is 7.09. The van der Waals surface area contributed by atoms with Crippen molar-refractivity contribution < 1.29 is 4.79 Å². The lowest BCUT2D eigenvalue weighted by atomic mass is 10.1. The third kappa shape index (κ3) is 3.01. The summed E-state index contributed by atoms with van der Waals surface area (Å²) >= 11 is 7.70. The Hall–Kier alpha value is -2.37. The Bertz CT molecular complexity index is 926. The minimum Gasteiger partial charge on any atom is -0.360 e. The van der Waals surface area contributed by atoms with Crippen LogP contribution in [0.5, 0.6) is 0 Å². The van der Waals surface area contributed by atoms with Crippen LogP contribution in [0.25, 0.3) is 0 Å². The van der Waals surface area contributed by atoms with Crippen LogP contribution in [0, 0.1) is 6.92 Å². The van der Waals surface area contributed by atoms with Crippen molar-refractivity contribution in [1.82, 2.24) is 9.88 Å². The van der Waals surface area contributed by atoms with Gasteiger partial charge in [-0.15, -0.1) is 11.3 Å². The summed E-state index contributed by atoms with van der Waals surface area (Å²) in [5, 5.41) is 6.19. The van der Waals surface area contributed by atoms with Crippen molar-refractivity contribution >= 4 is 34.5 Å². The molecule has 0 aliphatic carbocycles. The van der Waals surface area contributed by atoms with Crippen molar-refractivity contribution in [3.63, 3.8) is 0 Å². The number of aromatic nitrogens is 1. The number of benzene rings is 1. The Morgan fingerprint density at radius 3 is 2.92 bits per heavy atom. The lowest BCUT2D eigenvalue weighted by molar-refractivity contribution is 0.0729. The topological polar surface area (TPSA) is 45.2 Å². The van der Waals surface area contributed by atoms with Gasteiger partial charge >= 0.3 is 0 Å². The van der Waals surface area contributed by atoms with Crippen LogP contribution in [0.4, 0.5) is 5.69 Å². The van der Waals surface area contributed by atoms with Crippen LogP contribution in [0.15, 0.2) is 54.0 Å². The predicted octanol–water partition coefficient (Wildman–Crippen LogP) is 4.87. The summed E-state index contributed by atoms with van der Waals surface area (Å²) in [6.45, 7) is 2.55. The highest BCUT2D eigenvalue weighted by Gasteiger charge is 2.38. The van der Waals surface area contributed by atoms with E-state index in [2.05, 4.69) is 10.3 Å². The smallest absolute Gasteiger partial charge is 0.258 e. The van der Waals surface area contributed by atoms with Crippen molar-refractivity contribution in [1.29, 1.82) is 0 Å². The quantitative estimate of drug-likeness (QED) is 0.713. The number of carbonyl (C=O) groups excluding carboxylic acids is 1. The van der Waals surface area contributed by atoms with Crippen LogP contribution in [-0.2, 0) is 6.54 Å². The molecule has 1 aliphatic heterocycles. The standard InChI is InChI=1S/C19H16ClN3OS/c1-12-10-13(20)6-7-16(12)22-18-17-15(5-2-8-21-17)19(24)23(18)11-14-4-3-9-25-14/h2-10,18,22H,11H2,1H3/t18-/m0/s1. The number of amides is 1. The second-order valence-electron chi connectivity index (χ2n) is 5.95. The number of carbonyl (C=O) groups is 1. The Morgan fingerprint density at radius 2 is 2.16 bits per heavy atom. The molecule has 1 aliphatic rings. The summed E-state index contributed by atoms with van der Waals surface area (Å²) in [5.74, 6) is 0.000571. The van der Waals surface area contributed by atoms with Crippen molar-refractivity contribution in [3.05, 3.63) is 80.8 Å². The highest BCUT2D eigenvalue weighted by atomic mass is 35.5. The Balaban J connectivity index is 1.71. The number of hydrogen-bond acceptors (Lipinski definition) is 4. The van der Waals surface area contributed by atoms with Crippen LogP contribution < -0.4 is 5.32 Å². The summed E-state index contributed by atoms with van der Waals surface area (Å²) < 4.78 is 0. The predicted molar refractivity (Wildman–Crippen MR) is 101 cm³/mol. The first-order valence-corrected chi connectivity index (χ1v) is 9.20. The van der Waals surface area contributed by atoms with Crippen LogP contribution in [0.1, 0.15) is 32.7 Å². The minimum absolute atomic E-state index is 0.000571. The molecule has 0 fully saturated rings. The third-order valence-corrected chi connectivity index (χ3v) is 5.38. The molecule has 4 nitrogen and oxygen atoms in total. The van der Waals surface area contributed by atoms with Crippen molar-refractivity contribution in [2.45, 2.75) is 19.6 Å². The first-order chi connectivity index (χ1) is 12.1. The van der Waals surface area contributed by atoms with E-state index in [0.717, 1.165) is 21.8 Å². The molecule has 4 rings (SSSR count). The second-order valence-corrected chi connectivity index (χ2v) is 7.42. The van der Waals surface area contributed by atoms with E-state index in [1.54, 1.807) is 23.6 Å². The molecule has 0 unspecified atom stereocenters. The first-order valence-electron chi connectivity index (χ1n) is 7.94. The molecule has 6 heteroatoms. The SMILES string of the molecule is Cc1cc(Cl)ccc1N[C@@H]1c2ncccc2C(=O)N1Cc1cccs1. The van der Waals surface area contributed by atoms with E-state index >= 15 is 0 Å². The molecular weight excluding hydrogens is 354 g/mol. The molecule has 0 radical (unpaired) electrons. The average Bonchev–Trinajstić information content (AvgIpc) is 3.20. The van der Waals surface area contributed by atoms with Gasteiger partial charge in [0.05, 0.1) is 17.8 Å². The Labute approximate surface area is 155 Å². The van der Waals surface area contributed by atoms with Crippen LogP contribution in [-0.4, -0.2) is 15.8 Å². The van der Waals surface area contributed by atoms with E-state index < -0.39 is 0 Å². The van der Waals surface area contributed by atoms with E-state index in [-0.39, 0.29) is 12.1 Å². The van der Waals surface area contributed by atoms with Gasteiger partial charge in [0, 0.05) is 21.8 Å². The van der Waals surface area contributed by atoms with Gasteiger partial charge in [-0.2, -0.15) is 0 Å². The van der Waals surface area contributed by atoms with Gasteiger partial charge in [-0.25, -0.2) is 0 Å². The number of anilines is 1. The number of fused-ring (bicyclic) bond motifs is 1. The molecule has 3 aromatic rings. The Morgan fingerprint density at radius 1 is 1.28 bits per heavy atom. The molecule has 1 N–H and O–H groups in total. The first kappa shape index (κ1) is 16.1. The zero-order valence-electron chi connectivity index (χ0n) is 13.6. The number of nitrogens with zero attached hydrogens (tertiary/aromatic N) is 2. The normalized spacial score (nSPS) is 16.2. The van der Waals surface area contributed by atoms with Crippen LogP contribution >= 0.6 is 22.9 Å². The average molecular weight is 370 g/mol. The molecule has 25 heavy (non-hydrogen) atoms. The minimum atomic E-state index is -0.300. The molecule has 0 spiro atoms. The molecule has 0 saturated carbocycles. The zero-order valence-corrected chi connectivity index (χ0v) is 15.1. The molecule has 126 valence electrons. The monoisotopic (exact) mass is 369 g/mol. The maximum atomic E-state index is 12.9. The molecule has 0 saturated heterocycles. The molecule has 1 atom stereocenters. The Kier molecular flexibility index (Phi) is 4.19. The lowest BCUT2D eigenvalue weighted by Crippen LogP contribution is -2.32. The van der Waals surface area contributed by atoms with Crippen molar-refractivity contribution in [2.24, 2.45) is 0 Å². The van der Waals surface area contributed by atoms with Crippen molar-refractivity contribution in [3.8, 4) is 0 Å². The van der Waals surface area contributed by atoms with Gasteiger partial charge < -0.3 is 10.2 Å². The van der Waals surface area contributed by atoms with Gasteiger partial charge in [-0.1, -0.05) is 17.7 Å². The second kappa shape index (κ2) is 6.50. The summed E-state index contributed by atoms with van der Waals surface area (Å²) in [5.41, 5.74) is 3.39. The molecule has 1 amide bonds. The third-order valence-electron chi connectivity index (χ3n) is 4.29. The summed E-state index contributed by atoms with van der Waals surface area (Å²) in [4.78, 5) is 20.3. The zero-order chi connectivity index (χ0) is 17.4. The van der Waals surface area contributed by atoms with Crippen LogP contribution in [0.3, 0.4) is 0 Å². The number of halogens is 1. The van der Waals surface area contributed by atoms with Gasteiger partial charge in [0.2, 0.25) is 0 Å².